The predicted octanol–water partition coefficient (Wildman–Crippen LogP) is 11.6. The minimum Gasteiger partial charge on any atom is -0.309 e. The molecule has 3 nitrogen and oxygen atoms in total. The van der Waals surface area contributed by atoms with Crippen LogP contribution in [0, 0.1) is 0 Å². The maximum Gasteiger partial charge on any atom is 0.161 e. The van der Waals surface area contributed by atoms with E-state index >= 15 is 0 Å². The summed E-state index contributed by atoms with van der Waals surface area (Å²) in [5.41, 5.74) is 7.52. The quantitative estimate of drug-likeness (QED) is 0.201. The summed E-state index contributed by atoms with van der Waals surface area (Å²) >= 11 is 1.85. The minimum atomic E-state index is 0.735. The van der Waals surface area contributed by atoms with Gasteiger partial charge in [0.15, 0.2) is 5.82 Å². The topological polar surface area (TPSA) is 30.7 Å². The van der Waals surface area contributed by atoms with Gasteiger partial charge in [-0.3, -0.25) is 0 Å². The van der Waals surface area contributed by atoms with Crippen molar-refractivity contribution in [1.29, 1.82) is 0 Å². The van der Waals surface area contributed by atoms with Gasteiger partial charge in [0.25, 0.3) is 0 Å². The molecule has 10 aromatic rings. The molecule has 0 amide bonds. The molecule has 0 fully saturated rings. The fourth-order valence-corrected chi connectivity index (χ4v) is 8.25. The van der Waals surface area contributed by atoms with Crippen molar-refractivity contribution in [3.05, 3.63) is 152 Å². The second-order valence-electron chi connectivity index (χ2n) is 11.8. The summed E-state index contributed by atoms with van der Waals surface area (Å²) in [5, 5.41) is 8.43. The van der Waals surface area contributed by atoms with Crippen molar-refractivity contribution in [2.45, 2.75) is 0 Å². The highest BCUT2D eigenvalue weighted by atomic mass is 32.1. The van der Waals surface area contributed by atoms with Crippen molar-refractivity contribution in [3.8, 4) is 28.3 Å². The van der Waals surface area contributed by atoms with Crippen LogP contribution in [0.2, 0.25) is 0 Å². The van der Waals surface area contributed by atoms with Gasteiger partial charge in [0.2, 0.25) is 0 Å². The molecule has 0 aliphatic rings. The van der Waals surface area contributed by atoms with Crippen LogP contribution in [0.3, 0.4) is 0 Å². The molecule has 0 aliphatic heterocycles. The number of fused-ring (bicyclic) bond motifs is 9. The Bertz CT molecular complexity index is 2810. The third-order valence-corrected chi connectivity index (χ3v) is 10.3. The Hall–Kier alpha value is -5.84. The van der Waals surface area contributed by atoms with Crippen LogP contribution in [-0.2, 0) is 0 Å². The number of nitrogens with zero attached hydrogens (tertiary/aromatic N) is 3. The minimum absolute atomic E-state index is 0.735. The van der Waals surface area contributed by atoms with Crippen molar-refractivity contribution in [3.63, 3.8) is 0 Å². The summed E-state index contributed by atoms with van der Waals surface area (Å²) in [5.74, 6) is 0.735. The smallest absolute Gasteiger partial charge is 0.161 e. The molecular formula is C42H25N3S. The molecule has 0 atom stereocenters. The average molecular weight is 604 g/mol. The number of rotatable bonds is 3. The SMILES string of the molecule is c1ccc(-c2nc(-c3cccc4ccc5c(c6ccccc6n5-c5ccc6sc7ccccc7c6c5)c34)nc3ccccc23)cc1. The van der Waals surface area contributed by atoms with E-state index < -0.39 is 0 Å². The van der Waals surface area contributed by atoms with Crippen molar-refractivity contribution in [2.24, 2.45) is 0 Å². The lowest BCUT2D eigenvalue weighted by Crippen LogP contribution is -1.96. The first kappa shape index (κ1) is 25.5. The fraction of sp³-hybridized carbons (Fsp3) is 0. The molecule has 0 spiro atoms. The number of thiophene rings is 1. The van der Waals surface area contributed by atoms with Gasteiger partial charge < -0.3 is 4.57 Å². The van der Waals surface area contributed by atoms with Crippen LogP contribution in [0.25, 0.3) is 92.0 Å². The monoisotopic (exact) mass is 603 g/mol. The Labute approximate surface area is 268 Å². The maximum atomic E-state index is 5.28. The van der Waals surface area contributed by atoms with Gasteiger partial charge in [-0.2, -0.15) is 0 Å². The average Bonchev–Trinajstić information content (AvgIpc) is 3.66. The molecule has 4 heteroatoms. The first-order valence-electron chi connectivity index (χ1n) is 15.5. The summed E-state index contributed by atoms with van der Waals surface area (Å²) < 4.78 is 5.04. The van der Waals surface area contributed by atoms with Crippen LogP contribution in [0.5, 0.6) is 0 Å². The Morgan fingerprint density at radius 3 is 2.15 bits per heavy atom. The zero-order valence-electron chi connectivity index (χ0n) is 24.7. The highest BCUT2D eigenvalue weighted by Gasteiger charge is 2.20. The van der Waals surface area contributed by atoms with Crippen molar-refractivity contribution >= 4 is 75.0 Å². The van der Waals surface area contributed by atoms with E-state index in [9.17, 15) is 0 Å². The van der Waals surface area contributed by atoms with Gasteiger partial charge in [0.1, 0.15) is 0 Å². The molecule has 3 aromatic heterocycles. The van der Waals surface area contributed by atoms with E-state index in [0.29, 0.717) is 0 Å². The molecule has 0 unspecified atom stereocenters. The van der Waals surface area contributed by atoms with Gasteiger partial charge in [-0.1, -0.05) is 109 Å². The summed E-state index contributed by atoms with van der Waals surface area (Å²) in [6.45, 7) is 0. The molecule has 3 heterocycles. The Kier molecular flexibility index (Phi) is 5.45. The van der Waals surface area contributed by atoms with Gasteiger partial charge >= 0.3 is 0 Å². The normalized spacial score (nSPS) is 11.9. The third-order valence-electron chi connectivity index (χ3n) is 9.19. The second-order valence-corrected chi connectivity index (χ2v) is 12.9. The van der Waals surface area contributed by atoms with E-state index in [2.05, 4.69) is 150 Å². The lowest BCUT2D eigenvalue weighted by Gasteiger charge is -2.12. The molecule has 10 rings (SSSR count). The van der Waals surface area contributed by atoms with Crippen LogP contribution in [0.4, 0.5) is 0 Å². The zero-order valence-corrected chi connectivity index (χ0v) is 25.5. The van der Waals surface area contributed by atoms with Gasteiger partial charge in [-0.05, 0) is 47.9 Å². The van der Waals surface area contributed by atoms with E-state index in [1.54, 1.807) is 0 Å². The summed E-state index contributed by atoms with van der Waals surface area (Å²) in [4.78, 5) is 10.5. The summed E-state index contributed by atoms with van der Waals surface area (Å²) in [7, 11) is 0. The summed E-state index contributed by atoms with van der Waals surface area (Å²) in [6.07, 6.45) is 0. The molecule has 0 saturated heterocycles. The highest BCUT2D eigenvalue weighted by Crippen LogP contribution is 2.42. The van der Waals surface area contributed by atoms with Crippen LogP contribution in [-0.4, -0.2) is 14.5 Å². The van der Waals surface area contributed by atoms with Crippen LogP contribution >= 0.6 is 11.3 Å². The number of aromatic nitrogens is 3. The number of hydrogen-bond donors (Lipinski definition) is 0. The standard InChI is InChI=1S/C42H25N3S/c1-2-11-27(12-3-1)41-30-15-4-7-18-34(30)43-42(44-41)32-17-10-13-26-21-23-36-40(39(26)32)31-16-5-8-19-35(31)45(36)28-22-24-38-33(25-28)29-14-6-9-20-37(29)46-38/h1-25H. The number of hydrogen-bond acceptors (Lipinski definition) is 3. The largest absolute Gasteiger partial charge is 0.309 e. The van der Waals surface area contributed by atoms with Gasteiger partial charge in [-0.25, -0.2) is 9.97 Å². The molecule has 0 aliphatic carbocycles. The lowest BCUT2D eigenvalue weighted by atomic mass is 9.98. The van der Waals surface area contributed by atoms with Crippen LogP contribution < -0.4 is 0 Å². The predicted molar refractivity (Wildman–Crippen MR) is 195 cm³/mol. The number of para-hydroxylation sites is 2. The molecular weight excluding hydrogens is 579 g/mol. The Morgan fingerprint density at radius 2 is 1.24 bits per heavy atom. The van der Waals surface area contributed by atoms with Crippen molar-refractivity contribution < 1.29 is 0 Å². The van der Waals surface area contributed by atoms with Gasteiger partial charge in [0, 0.05) is 58.5 Å². The summed E-state index contributed by atoms with van der Waals surface area (Å²) in [6, 6.07) is 54.1. The molecule has 0 radical (unpaired) electrons. The third kappa shape index (κ3) is 3.71. The maximum absolute atomic E-state index is 5.28. The Balaban J connectivity index is 1.30. The van der Waals surface area contributed by atoms with Crippen LogP contribution in [0.15, 0.2) is 152 Å². The second kappa shape index (κ2) is 9.83. The highest BCUT2D eigenvalue weighted by molar-refractivity contribution is 7.25. The van der Waals surface area contributed by atoms with E-state index in [1.165, 1.54) is 52.8 Å². The van der Waals surface area contributed by atoms with Gasteiger partial charge in [0.05, 0.1) is 22.2 Å². The van der Waals surface area contributed by atoms with Gasteiger partial charge in [-0.15, -0.1) is 11.3 Å². The molecule has 214 valence electrons. The van der Waals surface area contributed by atoms with E-state index in [1.807, 2.05) is 17.4 Å². The van der Waals surface area contributed by atoms with E-state index in [4.69, 9.17) is 9.97 Å². The molecule has 0 bridgehead atoms. The van der Waals surface area contributed by atoms with Crippen LogP contribution in [0.1, 0.15) is 0 Å². The molecule has 7 aromatic carbocycles. The van der Waals surface area contributed by atoms with E-state index in [-0.39, 0.29) is 0 Å². The van der Waals surface area contributed by atoms with Crippen molar-refractivity contribution in [1.82, 2.24) is 14.5 Å². The van der Waals surface area contributed by atoms with E-state index in [0.717, 1.165) is 39.2 Å². The molecule has 0 saturated carbocycles. The lowest BCUT2D eigenvalue weighted by molar-refractivity contribution is 1.19. The molecule has 46 heavy (non-hydrogen) atoms. The Morgan fingerprint density at radius 1 is 0.478 bits per heavy atom. The number of benzene rings is 7. The molecule has 0 N–H and O–H groups in total. The zero-order chi connectivity index (χ0) is 30.2. The van der Waals surface area contributed by atoms with Crippen molar-refractivity contribution in [2.75, 3.05) is 0 Å². The fourth-order valence-electron chi connectivity index (χ4n) is 7.17. The first-order valence-corrected chi connectivity index (χ1v) is 16.3. The first-order chi connectivity index (χ1) is 22.8.